The molecule has 1 heterocycles. The fourth-order valence-corrected chi connectivity index (χ4v) is 3.28. The zero-order valence-corrected chi connectivity index (χ0v) is 11.7. The van der Waals surface area contributed by atoms with E-state index in [0.717, 1.165) is 24.2 Å². The average Bonchev–Trinajstić information content (AvgIpc) is 3.10. The molecule has 0 bridgehead atoms. The molecule has 3 unspecified atom stereocenters. The van der Waals surface area contributed by atoms with Crippen molar-refractivity contribution in [1.29, 1.82) is 0 Å². The molecule has 1 amide bonds. The second-order valence-corrected chi connectivity index (χ2v) is 5.80. The van der Waals surface area contributed by atoms with Crippen molar-refractivity contribution in [2.75, 3.05) is 6.54 Å². The highest BCUT2D eigenvalue weighted by molar-refractivity contribution is 5.82. The Morgan fingerprint density at radius 2 is 2.10 bits per heavy atom. The zero-order chi connectivity index (χ0) is 14.8. The van der Waals surface area contributed by atoms with Crippen LogP contribution >= 0.6 is 0 Å². The maximum absolute atomic E-state index is 12.2. The van der Waals surface area contributed by atoms with E-state index in [1.807, 2.05) is 24.3 Å². The number of amides is 1. The molecule has 5 nitrogen and oxygen atoms in total. The van der Waals surface area contributed by atoms with Crippen molar-refractivity contribution in [3.05, 3.63) is 29.8 Å². The summed E-state index contributed by atoms with van der Waals surface area (Å²) in [4.78, 5) is 23.3. The zero-order valence-electron chi connectivity index (χ0n) is 11.7. The molecule has 1 aromatic carbocycles. The molecule has 1 saturated carbocycles. The highest BCUT2D eigenvalue weighted by Crippen LogP contribution is 2.32. The number of nitrogens with one attached hydrogen (secondary N) is 1. The topological polar surface area (TPSA) is 75.6 Å². The van der Waals surface area contributed by atoms with E-state index in [-0.39, 0.29) is 17.7 Å². The van der Waals surface area contributed by atoms with Gasteiger partial charge in [0.05, 0.1) is 5.92 Å². The Hall–Kier alpha value is -2.04. The molecule has 0 aromatic heterocycles. The maximum atomic E-state index is 12.2. The number of hydrogen-bond donors (Lipinski definition) is 2. The molecule has 1 fully saturated rings. The summed E-state index contributed by atoms with van der Waals surface area (Å²) >= 11 is 0. The van der Waals surface area contributed by atoms with Gasteiger partial charge in [-0.25, -0.2) is 0 Å². The van der Waals surface area contributed by atoms with Gasteiger partial charge in [-0.3, -0.25) is 9.59 Å². The molecule has 2 N–H and O–H groups in total. The van der Waals surface area contributed by atoms with Crippen LogP contribution in [-0.2, 0) is 16.0 Å². The predicted molar refractivity (Wildman–Crippen MR) is 76.0 cm³/mol. The molecule has 112 valence electrons. The lowest BCUT2D eigenvalue weighted by atomic mass is 9.96. The van der Waals surface area contributed by atoms with Crippen molar-refractivity contribution in [1.82, 2.24) is 5.32 Å². The molecule has 3 atom stereocenters. The number of ether oxygens (including phenoxy) is 1. The Morgan fingerprint density at radius 1 is 1.29 bits per heavy atom. The van der Waals surface area contributed by atoms with Crippen molar-refractivity contribution in [3.63, 3.8) is 0 Å². The number of para-hydroxylation sites is 1. The van der Waals surface area contributed by atoms with Crippen LogP contribution in [-0.4, -0.2) is 29.6 Å². The first-order chi connectivity index (χ1) is 10.1. The average molecular weight is 289 g/mol. The van der Waals surface area contributed by atoms with Crippen molar-refractivity contribution in [2.24, 2.45) is 11.8 Å². The number of fused-ring (bicyclic) bond motifs is 1. The fourth-order valence-electron chi connectivity index (χ4n) is 3.28. The lowest BCUT2D eigenvalue weighted by Gasteiger charge is -2.18. The minimum atomic E-state index is -0.753. The number of carboxylic acid groups (broad SMARTS) is 1. The van der Waals surface area contributed by atoms with Gasteiger partial charge < -0.3 is 15.2 Å². The predicted octanol–water partition coefficient (Wildman–Crippen LogP) is 1.61. The molecule has 3 rings (SSSR count). The number of carbonyl (C=O) groups is 2. The van der Waals surface area contributed by atoms with Crippen LogP contribution in [0.25, 0.3) is 0 Å². The van der Waals surface area contributed by atoms with E-state index in [0.29, 0.717) is 19.4 Å². The summed E-state index contributed by atoms with van der Waals surface area (Å²) in [5.41, 5.74) is 1.04. The van der Waals surface area contributed by atoms with Crippen LogP contribution in [0.2, 0.25) is 0 Å². The molecule has 0 saturated heterocycles. The quantitative estimate of drug-likeness (QED) is 0.883. The number of rotatable bonds is 4. The van der Waals surface area contributed by atoms with Gasteiger partial charge in [-0.15, -0.1) is 0 Å². The third kappa shape index (κ3) is 2.86. The molecule has 2 aliphatic rings. The van der Waals surface area contributed by atoms with E-state index < -0.39 is 12.1 Å². The minimum Gasteiger partial charge on any atom is -0.481 e. The van der Waals surface area contributed by atoms with Crippen LogP contribution in [0.3, 0.4) is 0 Å². The number of benzene rings is 1. The van der Waals surface area contributed by atoms with Gasteiger partial charge in [-0.05, 0) is 30.4 Å². The highest BCUT2D eigenvalue weighted by atomic mass is 16.5. The minimum absolute atomic E-state index is 0.0372. The van der Waals surface area contributed by atoms with Gasteiger partial charge in [0.1, 0.15) is 5.75 Å². The van der Waals surface area contributed by atoms with Crippen molar-refractivity contribution in [3.8, 4) is 5.75 Å². The lowest BCUT2D eigenvalue weighted by molar-refractivity contribution is -0.143. The second-order valence-electron chi connectivity index (χ2n) is 5.80. The van der Waals surface area contributed by atoms with Crippen LogP contribution in [0.4, 0.5) is 0 Å². The van der Waals surface area contributed by atoms with Gasteiger partial charge >= 0.3 is 5.97 Å². The number of aliphatic carboxylic acids is 1. The van der Waals surface area contributed by atoms with Crippen molar-refractivity contribution in [2.45, 2.75) is 31.8 Å². The summed E-state index contributed by atoms with van der Waals surface area (Å²) in [5.74, 6) is -0.428. The van der Waals surface area contributed by atoms with Crippen LogP contribution in [0.1, 0.15) is 24.8 Å². The Bertz CT molecular complexity index is 532. The van der Waals surface area contributed by atoms with Crippen LogP contribution in [0.5, 0.6) is 5.75 Å². The SMILES string of the molecule is O=C(NCC1CCCC1C(=O)O)C1Cc2ccccc2O1. The summed E-state index contributed by atoms with van der Waals surface area (Å²) in [6.07, 6.45) is 2.58. The number of carbonyl (C=O) groups excluding carboxylic acids is 1. The summed E-state index contributed by atoms with van der Waals surface area (Å²) < 4.78 is 5.63. The third-order valence-electron chi connectivity index (χ3n) is 4.45. The van der Waals surface area contributed by atoms with E-state index >= 15 is 0 Å². The first kappa shape index (κ1) is 13.9. The first-order valence-corrected chi connectivity index (χ1v) is 7.40. The normalized spacial score (nSPS) is 27.0. The molecular formula is C16H19NO4. The van der Waals surface area contributed by atoms with Crippen LogP contribution in [0.15, 0.2) is 24.3 Å². The Labute approximate surface area is 123 Å². The molecule has 5 heteroatoms. The van der Waals surface area contributed by atoms with Gasteiger partial charge in [0.15, 0.2) is 6.10 Å². The molecule has 1 aliphatic heterocycles. The summed E-state index contributed by atoms with van der Waals surface area (Å²) in [6.45, 7) is 0.423. The van der Waals surface area contributed by atoms with Gasteiger partial charge in [0.2, 0.25) is 0 Å². The van der Waals surface area contributed by atoms with E-state index in [1.54, 1.807) is 0 Å². The highest BCUT2D eigenvalue weighted by Gasteiger charge is 2.34. The summed E-state index contributed by atoms with van der Waals surface area (Å²) in [5, 5.41) is 12.0. The molecule has 1 aliphatic carbocycles. The summed E-state index contributed by atoms with van der Waals surface area (Å²) in [6, 6.07) is 7.63. The van der Waals surface area contributed by atoms with Crippen LogP contribution < -0.4 is 10.1 Å². The molecule has 0 spiro atoms. The third-order valence-corrected chi connectivity index (χ3v) is 4.45. The van der Waals surface area contributed by atoms with Gasteiger partial charge in [-0.1, -0.05) is 24.6 Å². The van der Waals surface area contributed by atoms with Crippen LogP contribution in [0, 0.1) is 11.8 Å². The first-order valence-electron chi connectivity index (χ1n) is 7.40. The number of hydrogen-bond acceptors (Lipinski definition) is 3. The van der Waals surface area contributed by atoms with Crippen molar-refractivity contribution >= 4 is 11.9 Å². The maximum Gasteiger partial charge on any atom is 0.306 e. The number of carboxylic acids is 1. The lowest BCUT2D eigenvalue weighted by Crippen LogP contribution is -2.41. The van der Waals surface area contributed by atoms with E-state index in [9.17, 15) is 9.59 Å². The Kier molecular flexibility index (Phi) is 3.82. The Balaban J connectivity index is 1.53. The molecule has 1 aromatic rings. The molecular weight excluding hydrogens is 270 g/mol. The molecule has 21 heavy (non-hydrogen) atoms. The van der Waals surface area contributed by atoms with Gasteiger partial charge in [-0.2, -0.15) is 0 Å². The fraction of sp³-hybridized carbons (Fsp3) is 0.500. The largest absolute Gasteiger partial charge is 0.481 e. The van der Waals surface area contributed by atoms with Gasteiger partial charge in [0.25, 0.3) is 5.91 Å². The molecule has 0 radical (unpaired) electrons. The van der Waals surface area contributed by atoms with E-state index in [1.165, 1.54) is 0 Å². The van der Waals surface area contributed by atoms with E-state index in [2.05, 4.69) is 5.32 Å². The monoisotopic (exact) mass is 289 g/mol. The van der Waals surface area contributed by atoms with Crippen molar-refractivity contribution < 1.29 is 19.4 Å². The van der Waals surface area contributed by atoms with Gasteiger partial charge in [0, 0.05) is 13.0 Å². The Morgan fingerprint density at radius 3 is 2.86 bits per heavy atom. The smallest absolute Gasteiger partial charge is 0.306 e. The second kappa shape index (κ2) is 5.76. The standard InChI is InChI=1S/C16H19NO4/c18-15(14-8-10-4-1-2-7-13(10)21-14)17-9-11-5-3-6-12(11)16(19)20/h1-2,4,7,11-12,14H,3,5-6,8-9H2,(H,17,18)(H,19,20). The summed E-state index contributed by atoms with van der Waals surface area (Å²) in [7, 11) is 0. The van der Waals surface area contributed by atoms with E-state index in [4.69, 9.17) is 9.84 Å².